The van der Waals surface area contributed by atoms with Crippen molar-refractivity contribution in [3.63, 3.8) is 0 Å². The van der Waals surface area contributed by atoms with Crippen LogP contribution in [0.2, 0.25) is 0 Å². The minimum atomic E-state index is -0.752. The summed E-state index contributed by atoms with van der Waals surface area (Å²) in [5.74, 6) is -0.0286. The molecule has 0 unspecified atom stereocenters. The molecule has 0 aliphatic carbocycles. The maximum absolute atomic E-state index is 13.8. The topological polar surface area (TPSA) is 88.5 Å². The van der Waals surface area contributed by atoms with Gasteiger partial charge in [0.15, 0.2) is 0 Å². The lowest BCUT2D eigenvalue weighted by Gasteiger charge is -2.45. The predicted molar refractivity (Wildman–Crippen MR) is 126 cm³/mol. The highest BCUT2D eigenvalue weighted by atomic mass is 16.5. The standard InChI is InChI=1S/C26H21N5O3/c1-34-25(33)30-14-26(15-30)20-8-4-5-9-22(20)31(24(26)32)13-21-23(18-10-27-16-28-11-18)19-7-3-2-6-17(19)12-29-21/h2-12,16H,13-15H2,1H3. The first-order valence-corrected chi connectivity index (χ1v) is 11.0. The van der Waals surface area contributed by atoms with Crippen LogP contribution in [-0.4, -0.2) is 52.1 Å². The second-order valence-corrected chi connectivity index (χ2v) is 8.61. The maximum Gasteiger partial charge on any atom is 0.409 e. The van der Waals surface area contributed by atoms with Crippen molar-refractivity contribution >= 4 is 28.5 Å². The summed E-state index contributed by atoms with van der Waals surface area (Å²) in [4.78, 5) is 42.4. The van der Waals surface area contributed by atoms with E-state index in [1.54, 1.807) is 22.2 Å². The number of hydrogen-bond donors (Lipinski definition) is 0. The molecule has 1 fully saturated rings. The van der Waals surface area contributed by atoms with Crippen molar-refractivity contribution in [1.82, 2.24) is 19.9 Å². The Bertz CT molecular complexity index is 1430. The van der Waals surface area contributed by atoms with Crippen molar-refractivity contribution < 1.29 is 14.3 Å². The molecule has 1 spiro atoms. The zero-order valence-electron chi connectivity index (χ0n) is 18.5. The maximum atomic E-state index is 13.8. The molecule has 0 atom stereocenters. The molecule has 2 aromatic carbocycles. The molecular weight excluding hydrogens is 430 g/mol. The number of aromatic nitrogens is 3. The Hall–Kier alpha value is -4.33. The van der Waals surface area contributed by atoms with E-state index in [4.69, 9.17) is 9.72 Å². The van der Waals surface area contributed by atoms with Crippen molar-refractivity contribution in [3.8, 4) is 11.1 Å². The van der Waals surface area contributed by atoms with E-state index in [0.29, 0.717) is 19.6 Å². The van der Waals surface area contributed by atoms with Gasteiger partial charge < -0.3 is 14.5 Å². The SMILES string of the molecule is COC(=O)N1CC2(C1)C(=O)N(Cc1ncc3ccccc3c1-c1cncnc1)c1ccccc12. The zero-order chi connectivity index (χ0) is 23.3. The number of para-hydroxylation sites is 1. The number of hydrogen-bond acceptors (Lipinski definition) is 6. The van der Waals surface area contributed by atoms with Gasteiger partial charge in [-0.05, 0) is 17.0 Å². The van der Waals surface area contributed by atoms with Gasteiger partial charge in [-0.3, -0.25) is 9.78 Å². The molecule has 2 amide bonds. The lowest BCUT2D eigenvalue weighted by molar-refractivity contribution is -0.128. The summed E-state index contributed by atoms with van der Waals surface area (Å²) in [6, 6.07) is 15.8. The van der Waals surface area contributed by atoms with Crippen LogP contribution in [0.1, 0.15) is 11.3 Å². The van der Waals surface area contributed by atoms with Gasteiger partial charge in [-0.25, -0.2) is 14.8 Å². The number of carbonyl (C=O) groups excluding carboxylic acids is 2. The van der Waals surface area contributed by atoms with E-state index in [1.807, 2.05) is 54.7 Å². The monoisotopic (exact) mass is 451 g/mol. The molecule has 8 heteroatoms. The summed E-state index contributed by atoms with van der Waals surface area (Å²) in [6.07, 6.45) is 6.44. The van der Waals surface area contributed by atoms with Gasteiger partial charge in [0.05, 0.1) is 19.3 Å². The van der Waals surface area contributed by atoms with Crippen molar-refractivity contribution in [3.05, 3.63) is 84.7 Å². The molecule has 1 saturated heterocycles. The Labute approximate surface area is 195 Å². The molecule has 0 bridgehead atoms. The normalized spacial score (nSPS) is 16.0. The van der Waals surface area contributed by atoms with Gasteiger partial charge >= 0.3 is 6.09 Å². The first kappa shape index (κ1) is 20.3. The third-order valence-corrected chi connectivity index (χ3v) is 6.75. The van der Waals surface area contributed by atoms with Crippen molar-refractivity contribution in [2.75, 3.05) is 25.1 Å². The van der Waals surface area contributed by atoms with Crippen LogP contribution in [-0.2, 0) is 21.5 Å². The zero-order valence-corrected chi connectivity index (χ0v) is 18.5. The third kappa shape index (κ3) is 2.88. The molecule has 4 heterocycles. The van der Waals surface area contributed by atoms with E-state index in [2.05, 4.69) is 9.97 Å². The van der Waals surface area contributed by atoms with Crippen LogP contribution in [0.15, 0.2) is 73.4 Å². The molecule has 4 aromatic rings. The summed E-state index contributed by atoms with van der Waals surface area (Å²) in [5.41, 5.74) is 3.55. The van der Waals surface area contributed by atoms with Gasteiger partial charge in [0.1, 0.15) is 11.7 Å². The van der Waals surface area contributed by atoms with Gasteiger partial charge in [0.2, 0.25) is 5.91 Å². The fraction of sp³-hybridized carbons (Fsp3) is 0.192. The molecular formula is C26H21N5O3. The van der Waals surface area contributed by atoms with Crippen LogP contribution in [0.3, 0.4) is 0 Å². The molecule has 2 aliphatic heterocycles. The fourth-order valence-electron chi connectivity index (χ4n) is 5.15. The summed E-state index contributed by atoms with van der Waals surface area (Å²) in [7, 11) is 1.35. The summed E-state index contributed by atoms with van der Waals surface area (Å²) >= 11 is 0. The highest BCUT2D eigenvalue weighted by Gasteiger charge is 2.59. The number of benzene rings is 2. The van der Waals surface area contributed by atoms with E-state index < -0.39 is 11.5 Å². The number of nitrogens with zero attached hydrogens (tertiary/aromatic N) is 5. The molecule has 2 aliphatic rings. The average molecular weight is 451 g/mol. The number of rotatable bonds is 3. The number of methoxy groups -OCH3 is 1. The Morgan fingerprint density at radius 2 is 1.76 bits per heavy atom. The number of ether oxygens (including phenoxy) is 1. The highest BCUT2D eigenvalue weighted by Crippen LogP contribution is 2.48. The third-order valence-electron chi connectivity index (χ3n) is 6.75. The van der Waals surface area contributed by atoms with E-state index in [9.17, 15) is 9.59 Å². The summed E-state index contributed by atoms with van der Waals surface area (Å²) in [5, 5.41) is 2.03. The van der Waals surface area contributed by atoms with Crippen molar-refractivity contribution in [2.45, 2.75) is 12.0 Å². The number of pyridine rings is 1. The first-order valence-electron chi connectivity index (χ1n) is 11.0. The molecule has 6 rings (SSSR count). The van der Waals surface area contributed by atoms with E-state index in [1.165, 1.54) is 13.4 Å². The van der Waals surface area contributed by atoms with Crippen LogP contribution >= 0.6 is 0 Å². The average Bonchev–Trinajstić information content (AvgIpc) is 3.11. The Morgan fingerprint density at radius 1 is 1.03 bits per heavy atom. The number of fused-ring (bicyclic) bond motifs is 3. The number of amides is 2. The Kier molecular flexibility index (Phi) is 4.55. The van der Waals surface area contributed by atoms with E-state index >= 15 is 0 Å². The van der Waals surface area contributed by atoms with Crippen molar-refractivity contribution in [1.29, 1.82) is 0 Å². The predicted octanol–water partition coefficient (Wildman–Crippen LogP) is 3.56. The lowest BCUT2D eigenvalue weighted by atomic mass is 9.75. The molecule has 34 heavy (non-hydrogen) atoms. The number of carbonyl (C=O) groups is 2. The van der Waals surface area contributed by atoms with Crippen LogP contribution in [0.4, 0.5) is 10.5 Å². The van der Waals surface area contributed by atoms with Gasteiger partial charge in [-0.15, -0.1) is 0 Å². The minimum Gasteiger partial charge on any atom is -0.453 e. The largest absolute Gasteiger partial charge is 0.453 e. The van der Waals surface area contributed by atoms with Gasteiger partial charge in [-0.2, -0.15) is 0 Å². The molecule has 0 saturated carbocycles. The molecule has 168 valence electrons. The fourth-order valence-corrected chi connectivity index (χ4v) is 5.15. The first-order chi connectivity index (χ1) is 16.6. The lowest BCUT2D eigenvalue weighted by Crippen LogP contribution is -2.65. The van der Waals surface area contributed by atoms with Crippen LogP contribution in [0, 0.1) is 0 Å². The van der Waals surface area contributed by atoms with Crippen LogP contribution in [0.5, 0.6) is 0 Å². The van der Waals surface area contributed by atoms with Gasteiger partial charge in [0, 0.05) is 53.9 Å². The summed E-state index contributed by atoms with van der Waals surface area (Å²) < 4.78 is 4.85. The van der Waals surface area contributed by atoms with E-state index in [-0.39, 0.29) is 5.91 Å². The quantitative estimate of drug-likeness (QED) is 0.473. The molecule has 2 aromatic heterocycles. The number of likely N-dealkylation sites (tertiary alicyclic amines) is 1. The van der Waals surface area contributed by atoms with Crippen LogP contribution in [0.25, 0.3) is 21.9 Å². The van der Waals surface area contributed by atoms with Gasteiger partial charge in [-0.1, -0.05) is 42.5 Å². The smallest absolute Gasteiger partial charge is 0.409 e. The summed E-state index contributed by atoms with van der Waals surface area (Å²) in [6.45, 7) is 0.901. The minimum absolute atomic E-state index is 0.0286. The second kappa shape index (κ2) is 7.62. The number of anilines is 1. The van der Waals surface area contributed by atoms with Crippen molar-refractivity contribution in [2.24, 2.45) is 0 Å². The molecule has 0 N–H and O–H groups in total. The second-order valence-electron chi connectivity index (χ2n) is 8.61. The van der Waals surface area contributed by atoms with E-state index in [0.717, 1.165) is 38.8 Å². The Morgan fingerprint density at radius 3 is 2.56 bits per heavy atom. The molecule has 0 radical (unpaired) electrons. The highest BCUT2D eigenvalue weighted by molar-refractivity contribution is 6.10. The molecule has 8 nitrogen and oxygen atoms in total. The van der Waals surface area contributed by atoms with Crippen LogP contribution < -0.4 is 4.90 Å². The Balaban J connectivity index is 1.44. The van der Waals surface area contributed by atoms with Gasteiger partial charge in [0.25, 0.3) is 0 Å².